The Morgan fingerprint density at radius 2 is 2.00 bits per heavy atom. The number of carbonyl (C=O) groups excluding carboxylic acids is 2. The van der Waals surface area contributed by atoms with E-state index in [1.165, 1.54) is 4.52 Å². The van der Waals surface area contributed by atoms with Gasteiger partial charge in [0, 0.05) is 36.3 Å². The van der Waals surface area contributed by atoms with Gasteiger partial charge in [-0.05, 0) is 57.4 Å². The maximum atomic E-state index is 13.2. The Morgan fingerprint density at radius 3 is 2.64 bits per heavy atom. The van der Waals surface area contributed by atoms with Crippen LogP contribution in [0.3, 0.4) is 0 Å². The number of carbonyl (C=O) groups is 2. The van der Waals surface area contributed by atoms with Crippen LogP contribution in [-0.4, -0.2) is 54.1 Å². The lowest BCUT2D eigenvalue weighted by Gasteiger charge is -2.22. The summed E-state index contributed by atoms with van der Waals surface area (Å²) in [5, 5.41) is 18.2. The van der Waals surface area contributed by atoms with E-state index in [0.29, 0.717) is 23.4 Å². The van der Waals surface area contributed by atoms with Gasteiger partial charge in [0.15, 0.2) is 5.56 Å². The zero-order chi connectivity index (χ0) is 23.5. The molecular weight excluding hydrogens is 422 g/mol. The van der Waals surface area contributed by atoms with E-state index >= 15 is 0 Å². The van der Waals surface area contributed by atoms with Crippen molar-refractivity contribution in [3.8, 4) is 5.88 Å². The summed E-state index contributed by atoms with van der Waals surface area (Å²) < 4.78 is 2.75. The molecule has 9 heteroatoms. The SMILES string of the molecule is Cc1nn2c(=O)c(C(=O)NC3CC3)c(O)n(CC(C)C)c2c1C=CC(=O)N1CCCC12CC2. The van der Waals surface area contributed by atoms with Gasteiger partial charge in [-0.15, -0.1) is 0 Å². The van der Waals surface area contributed by atoms with Gasteiger partial charge in [-0.2, -0.15) is 9.61 Å². The summed E-state index contributed by atoms with van der Waals surface area (Å²) in [7, 11) is 0. The maximum absolute atomic E-state index is 13.2. The third-order valence-electron chi connectivity index (χ3n) is 6.99. The number of aryl methyl sites for hydroxylation is 1. The van der Waals surface area contributed by atoms with E-state index in [1.54, 1.807) is 23.6 Å². The van der Waals surface area contributed by atoms with Crippen molar-refractivity contribution < 1.29 is 14.7 Å². The van der Waals surface area contributed by atoms with Crippen molar-refractivity contribution in [3.63, 3.8) is 0 Å². The largest absolute Gasteiger partial charge is 0.494 e. The molecule has 1 spiro atoms. The van der Waals surface area contributed by atoms with E-state index in [1.807, 2.05) is 18.7 Å². The van der Waals surface area contributed by atoms with Gasteiger partial charge in [-0.1, -0.05) is 13.8 Å². The molecule has 1 aliphatic heterocycles. The molecule has 2 N–H and O–H groups in total. The number of likely N-dealkylation sites (tertiary alicyclic amines) is 1. The Labute approximate surface area is 192 Å². The third kappa shape index (κ3) is 3.73. The fourth-order valence-electron chi connectivity index (χ4n) is 4.97. The van der Waals surface area contributed by atoms with Crippen LogP contribution in [0.4, 0.5) is 0 Å². The van der Waals surface area contributed by atoms with E-state index in [0.717, 1.165) is 45.1 Å². The molecule has 0 unspecified atom stereocenters. The van der Waals surface area contributed by atoms with Crippen LogP contribution >= 0.6 is 0 Å². The molecule has 9 nitrogen and oxygen atoms in total. The molecule has 33 heavy (non-hydrogen) atoms. The van der Waals surface area contributed by atoms with Crippen LogP contribution in [0.2, 0.25) is 0 Å². The van der Waals surface area contributed by atoms with Crippen LogP contribution in [0.25, 0.3) is 11.7 Å². The highest BCUT2D eigenvalue weighted by Crippen LogP contribution is 2.49. The lowest BCUT2D eigenvalue weighted by atomic mass is 10.1. The molecule has 0 radical (unpaired) electrons. The van der Waals surface area contributed by atoms with Crippen LogP contribution in [-0.2, 0) is 11.3 Å². The first kappa shape index (κ1) is 21.7. The van der Waals surface area contributed by atoms with E-state index in [9.17, 15) is 19.5 Å². The van der Waals surface area contributed by atoms with Crippen molar-refractivity contribution in [2.75, 3.05) is 6.54 Å². The van der Waals surface area contributed by atoms with Gasteiger partial charge in [0.05, 0.1) is 5.69 Å². The first-order valence-corrected chi connectivity index (χ1v) is 11.9. The monoisotopic (exact) mass is 453 g/mol. The van der Waals surface area contributed by atoms with Gasteiger partial charge >= 0.3 is 0 Å². The second-order valence-electron chi connectivity index (χ2n) is 10.1. The number of aromatic nitrogens is 3. The average Bonchev–Trinajstić information content (AvgIpc) is 3.64. The molecular formula is C24H31N5O4. The molecule has 5 rings (SSSR count). The van der Waals surface area contributed by atoms with Crippen molar-refractivity contribution in [2.24, 2.45) is 5.92 Å². The molecule has 0 aromatic carbocycles. The lowest BCUT2D eigenvalue weighted by molar-refractivity contribution is -0.127. The molecule has 2 aromatic heterocycles. The van der Waals surface area contributed by atoms with Crippen molar-refractivity contribution >= 4 is 23.5 Å². The first-order valence-electron chi connectivity index (χ1n) is 11.9. The van der Waals surface area contributed by atoms with Gasteiger partial charge in [0.1, 0.15) is 5.65 Å². The minimum Gasteiger partial charge on any atom is -0.494 e. The fraction of sp³-hybridized carbons (Fsp3) is 0.583. The summed E-state index contributed by atoms with van der Waals surface area (Å²) in [6, 6.07) is 0.0507. The van der Waals surface area contributed by atoms with Gasteiger partial charge in [-0.25, -0.2) is 0 Å². The molecule has 176 valence electrons. The third-order valence-corrected chi connectivity index (χ3v) is 6.99. The standard InChI is InChI=1S/C24H31N5O4/c1-14(2)13-27-21-17(7-8-18(30)28-12-4-9-24(28)10-11-24)15(3)26-29(21)23(33)19(22(27)32)20(31)25-16-5-6-16/h7-8,14,16,32H,4-6,9-13H2,1-3H3,(H,25,31). The predicted molar refractivity (Wildman–Crippen MR) is 123 cm³/mol. The number of rotatable bonds is 6. The molecule has 3 aliphatic rings. The molecule has 3 fully saturated rings. The number of hydrogen-bond acceptors (Lipinski definition) is 5. The van der Waals surface area contributed by atoms with E-state index < -0.39 is 11.5 Å². The highest BCUT2D eigenvalue weighted by Gasteiger charge is 2.52. The number of hydrogen-bond donors (Lipinski definition) is 2. The van der Waals surface area contributed by atoms with Crippen LogP contribution in [0.5, 0.6) is 5.88 Å². The summed E-state index contributed by atoms with van der Waals surface area (Å²) in [5.74, 6) is -0.846. The summed E-state index contributed by atoms with van der Waals surface area (Å²) in [6.45, 7) is 6.89. The lowest BCUT2D eigenvalue weighted by Crippen LogP contribution is -2.35. The molecule has 2 aliphatic carbocycles. The minimum absolute atomic E-state index is 0.0360. The molecule has 2 amide bonds. The second-order valence-corrected chi connectivity index (χ2v) is 10.1. The molecule has 0 bridgehead atoms. The second kappa shape index (κ2) is 7.74. The number of nitrogens with zero attached hydrogens (tertiary/aromatic N) is 4. The summed E-state index contributed by atoms with van der Waals surface area (Å²) in [6.07, 6.45) is 9.21. The Morgan fingerprint density at radius 1 is 1.27 bits per heavy atom. The molecule has 0 atom stereocenters. The Kier molecular flexibility index (Phi) is 5.10. The first-order chi connectivity index (χ1) is 15.7. The number of nitrogens with one attached hydrogen (secondary N) is 1. The molecule has 3 heterocycles. The summed E-state index contributed by atoms with van der Waals surface area (Å²) in [4.78, 5) is 40.8. The highest BCUT2D eigenvalue weighted by molar-refractivity contribution is 5.97. The number of amides is 2. The zero-order valence-electron chi connectivity index (χ0n) is 19.4. The van der Waals surface area contributed by atoms with Crippen LogP contribution < -0.4 is 10.9 Å². The fourth-order valence-corrected chi connectivity index (χ4v) is 4.97. The smallest absolute Gasteiger partial charge is 0.291 e. The Balaban J connectivity index is 1.59. The summed E-state index contributed by atoms with van der Waals surface area (Å²) in [5.41, 5.74) is 0.630. The predicted octanol–water partition coefficient (Wildman–Crippen LogP) is 2.23. The Bertz CT molecular complexity index is 1230. The van der Waals surface area contributed by atoms with Gasteiger partial charge in [0.2, 0.25) is 11.8 Å². The molecule has 1 saturated heterocycles. The average molecular weight is 454 g/mol. The number of fused-ring (bicyclic) bond motifs is 1. The number of aromatic hydroxyl groups is 1. The van der Waals surface area contributed by atoms with E-state index in [2.05, 4.69) is 10.4 Å². The maximum Gasteiger partial charge on any atom is 0.291 e. The topological polar surface area (TPSA) is 109 Å². The summed E-state index contributed by atoms with van der Waals surface area (Å²) >= 11 is 0. The normalized spacial score (nSPS) is 19.3. The quantitative estimate of drug-likeness (QED) is 0.652. The van der Waals surface area contributed by atoms with Crippen molar-refractivity contribution in [1.29, 1.82) is 0 Å². The van der Waals surface area contributed by atoms with Crippen LogP contribution in [0.15, 0.2) is 10.9 Å². The minimum atomic E-state index is -0.661. The van der Waals surface area contributed by atoms with Crippen molar-refractivity contribution in [3.05, 3.63) is 33.3 Å². The van der Waals surface area contributed by atoms with Crippen molar-refractivity contribution in [2.45, 2.75) is 77.4 Å². The van der Waals surface area contributed by atoms with Crippen LogP contribution in [0.1, 0.15) is 74.0 Å². The van der Waals surface area contributed by atoms with Gasteiger partial charge in [0.25, 0.3) is 11.5 Å². The van der Waals surface area contributed by atoms with E-state index in [4.69, 9.17) is 0 Å². The highest BCUT2D eigenvalue weighted by atomic mass is 16.3. The zero-order valence-corrected chi connectivity index (χ0v) is 19.4. The Hall–Kier alpha value is -3.10. The molecule has 2 aromatic rings. The van der Waals surface area contributed by atoms with E-state index in [-0.39, 0.29) is 34.8 Å². The molecule has 2 saturated carbocycles. The van der Waals surface area contributed by atoms with Gasteiger partial charge < -0.3 is 15.3 Å². The van der Waals surface area contributed by atoms with Gasteiger partial charge in [-0.3, -0.25) is 19.0 Å². The van der Waals surface area contributed by atoms with Crippen molar-refractivity contribution in [1.82, 2.24) is 24.4 Å². The van der Waals surface area contributed by atoms with Crippen LogP contribution in [0, 0.1) is 12.8 Å².